The highest BCUT2D eigenvalue weighted by Crippen LogP contribution is 2.28. The first-order chi connectivity index (χ1) is 8.20. The second-order valence-corrected chi connectivity index (χ2v) is 4.54. The summed E-state index contributed by atoms with van der Waals surface area (Å²) in [5.41, 5.74) is 4.84. The summed E-state index contributed by atoms with van der Waals surface area (Å²) in [6.45, 7) is 12.5. The molecule has 0 N–H and O–H groups in total. The molecule has 0 atom stereocenters. The average molecular weight is 225 g/mol. The van der Waals surface area contributed by atoms with Crippen LogP contribution in [-0.4, -0.2) is 18.0 Å². The summed E-state index contributed by atoms with van der Waals surface area (Å²) in [7, 11) is 0. The molecule has 0 radical (unpaired) electrons. The van der Waals surface area contributed by atoms with Crippen molar-refractivity contribution in [3.05, 3.63) is 47.7 Å². The van der Waals surface area contributed by atoms with Crippen molar-refractivity contribution in [2.45, 2.75) is 26.2 Å². The van der Waals surface area contributed by atoms with Crippen molar-refractivity contribution in [2.24, 2.45) is 0 Å². The molecular formula is C16H19N. The molecule has 0 fully saturated rings. The van der Waals surface area contributed by atoms with Crippen LogP contribution in [0.5, 0.6) is 0 Å². The molecule has 0 aromatic rings. The Labute approximate surface area is 104 Å². The molecular weight excluding hydrogens is 206 g/mol. The van der Waals surface area contributed by atoms with Gasteiger partial charge in [-0.25, -0.2) is 0 Å². The molecule has 0 saturated heterocycles. The molecule has 0 unspecified atom stereocenters. The second kappa shape index (κ2) is 5.10. The van der Waals surface area contributed by atoms with E-state index in [0.717, 1.165) is 38.0 Å². The topological polar surface area (TPSA) is 3.24 Å². The van der Waals surface area contributed by atoms with E-state index in [-0.39, 0.29) is 0 Å². The van der Waals surface area contributed by atoms with Crippen molar-refractivity contribution in [2.75, 3.05) is 13.1 Å². The molecule has 1 aliphatic carbocycles. The summed E-state index contributed by atoms with van der Waals surface area (Å²) in [6, 6.07) is 0. The van der Waals surface area contributed by atoms with Gasteiger partial charge in [0.05, 0.1) is 0 Å². The van der Waals surface area contributed by atoms with E-state index in [1.54, 1.807) is 0 Å². The first-order valence-electron chi connectivity index (χ1n) is 6.15. The molecule has 2 rings (SSSR count). The summed E-state index contributed by atoms with van der Waals surface area (Å²) < 4.78 is 0. The maximum atomic E-state index is 4.25. The molecule has 0 saturated carbocycles. The van der Waals surface area contributed by atoms with Gasteiger partial charge in [-0.05, 0) is 24.5 Å². The van der Waals surface area contributed by atoms with Crippen LogP contribution in [0.15, 0.2) is 47.7 Å². The van der Waals surface area contributed by atoms with Crippen LogP contribution in [0.25, 0.3) is 0 Å². The van der Waals surface area contributed by atoms with E-state index >= 15 is 0 Å². The minimum absolute atomic E-state index is 0.940. The van der Waals surface area contributed by atoms with Crippen molar-refractivity contribution < 1.29 is 0 Å². The van der Waals surface area contributed by atoms with E-state index < -0.39 is 0 Å². The zero-order valence-electron chi connectivity index (χ0n) is 10.6. The maximum absolute atomic E-state index is 4.25. The quantitative estimate of drug-likeness (QED) is 0.651. The molecule has 1 heterocycles. The van der Waals surface area contributed by atoms with Crippen LogP contribution in [0.3, 0.4) is 0 Å². The van der Waals surface area contributed by atoms with Gasteiger partial charge >= 0.3 is 0 Å². The predicted octanol–water partition coefficient (Wildman–Crippen LogP) is 3.43. The largest absolute Gasteiger partial charge is 0.370 e. The lowest BCUT2D eigenvalue weighted by molar-refractivity contribution is 0.373. The highest BCUT2D eigenvalue weighted by molar-refractivity contribution is 5.51. The molecule has 0 aromatic heterocycles. The first kappa shape index (κ1) is 11.8. The fourth-order valence-corrected chi connectivity index (χ4v) is 2.21. The Bertz CT molecular complexity index is 453. The standard InChI is InChI=1S/C16H19N/c1-13-9-8-10-16(14(13)2)15(3)17-11-6-4-5-7-12-17/h8,10H,1,3,6-7,9,11-12H2,2H3. The Morgan fingerprint density at radius 3 is 2.59 bits per heavy atom. The Morgan fingerprint density at radius 1 is 1.29 bits per heavy atom. The molecule has 0 amide bonds. The van der Waals surface area contributed by atoms with Crippen molar-refractivity contribution >= 4 is 0 Å². The van der Waals surface area contributed by atoms with Crippen molar-refractivity contribution in [1.82, 2.24) is 4.90 Å². The van der Waals surface area contributed by atoms with Crippen LogP contribution in [0, 0.1) is 11.8 Å². The average Bonchev–Trinajstić information content (AvgIpc) is 2.60. The van der Waals surface area contributed by atoms with Crippen LogP contribution in [-0.2, 0) is 0 Å². The van der Waals surface area contributed by atoms with Gasteiger partial charge in [-0.1, -0.05) is 25.3 Å². The molecule has 0 aromatic carbocycles. The van der Waals surface area contributed by atoms with E-state index in [2.05, 4.69) is 49.0 Å². The number of hydrogen-bond acceptors (Lipinski definition) is 1. The number of hydrogen-bond donors (Lipinski definition) is 0. The van der Waals surface area contributed by atoms with Crippen LogP contribution in [0.1, 0.15) is 26.2 Å². The summed E-state index contributed by atoms with van der Waals surface area (Å²) in [5, 5.41) is 0. The van der Waals surface area contributed by atoms with E-state index in [1.807, 2.05) is 0 Å². The van der Waals surface area contributed by atoms with E-state index in [0.29, 0.717) is 0 Å². The summed E-state index contributed by atoms with van der Waals surface area (Å²) in [5.74, 6) is 6.34. The molecule has 88 valence electrons. The zero-order chi connectivity index (χ0) is 12.3. The Kier molecular flexibility index (Phi) is 3.54. The van der Waals surface area contributed by atoms with Gasteiger partial charge in [-0.2, -0.15) is 0 Å². The fourth-order valence-electron chi connectivity index (χ4n) is 2.21. The van der Waals surface area contributed by atoms with Crippen molar-refractivity contribution in [1.29, 1.82) is 0 Å². The number of rotatable bonds is 2. The number of allylic oxidation sites excluding steroid dienone is 4. The highest BCUT2D eigenvalue weighted by atomic mass is 15.1. The van der Waals surface area contributed by atoms with Crippen LogP contribution < -0.4 is 0 Å². The lowest BCUT2D eigenvalue weighted by Crippen LogP contribution is -2.25. The van der Waals surface area contributed by atoms with Gasteiger partial charge in [-0.15, -0.1) is 11.8 Å². The summed E-state index contributed by atoms with van der Waals surface area (Å²) in [4.78, 5) is 2.33. The zero-order valence-corrected chi connectivity index (χ0v) is 10.6. The van der Waals surface area contributed by atoms with Gasteiger partial charge in [0, 0.05) is 37.2 Å². The van der Waals surface area contributed by atoms with Gasteiger partial charge in [0.15, 0.2) is 0 Å². The normalized spacial score (nSPS) is 19.8. The minimum atomic E-state index is 0.940. The molecule has 0 spiro atoms. The van der Waals surface area contributed by atoms with Gasteiger partial charge in [-0.3, -0.25) is 0 Å². The Balaban J connectivity index is 2.17. The van der Waals surface area contributed by atoms with Crippen molar-refractivity contribution in [3.63, 3.8) is 0 Å². The Morgan fingerprint density at radius 2 is 1.94 bits per heavy atom. The third kappa shape index (κ3) is 2.53. The number of nitrogens with zero attached hydrogens (tertiary/aromatic N) is 1. The second-order valence-electron chi connectivity index (χ2n) is 4.54. The summed E-state index contributed by atoms with van der Waals surface area (Å²) in [6.07, 6.45) is 7.19. The molecule has 0 bridgehead atoms. The van der Waals surface area contributed by atoms with Crippen molar-refractivity contribution in [3.8, 4) is 11.8 Å². The Hall–Kier alpha value is -1.68. The smallest absolute Gasteiger partial charge is 0.0370 e. The lowest BCUT2D eigenvalue weighted by Gasteiger charge is -2.28. The van der Waals surface area contributed by atoms with Crippen LogP contribution >= 0.6 is 0 Å². The third-order valence-electron chi connectivity index (χ3n) is 3.41. The molecule has 1 heteroatoms. The van der Waals surface area contributed by atoms with E-state index in [4.69, 9.17) is 0 Å². The molecule has 17 heavy (non-hydrogen) atoms. The third-order valence-corrected chi connectivity index (χ3v) is 3.41. The molecule has 1 aliphatic heterocycles. The van der Waals surface area contributed by atoms with Gasteiger partial charge in [0.1, 0.15) is 0 Å². The van der Waals surface area contributed by atoms with Crippen LogP contribution in [0.4, 0.5) is 0 Å². The summed E-state index contributed by atoms with van der Waals surface area (Å²) >= 11 is 0. The minimum Gasteiger partial charge on any atom is -0.370 e. The molecule has 2 aliphatic rings. The van der Waals surface area contributed by atoms with Gasteiger partial charge in [0.2, 0.25) is 0 Å². The van der Waals surface area contributed by atoms with Gasteiger partial charge in [0.25, 0.3) is 0 Å². The fraction of sp³-hybridized carbons (Fsp3) is 0.375. The van der Waals surface area contributed by atoms with E-state index in [9.17, 15) is 0 Å². The van der Waals surface area contributed by atoms with E-state index in [1.165, 1.54) is 16.7 Å². The first-order valence-corrected chi connectivity index (χ1v) is 6.15. The van der Waals surface area contributed by atoms with Crippen LogP contribution in [0.2, 0.25) is 0 Å². The monoisotopic (exact) mass is 225 g/mol. The molecule has 1 nitrogen and oxygen atoms in total. The highest BCUT2D eigenvalue weighted by Gasteiger charge is 2.15. The SMILES string of the molecule is C=C1CC=CC(C(=C)N2CCC#CCC2)=C1C. The lowest BCUT2D eigenvalue weighted by atomic mass is 9.93. The maximum Gasteiger partial charge on any atom is 0.0370 e. The van der Waals surface area contributed by atoms with Gasteiger partial charge < -0.3 is 4.90 Å². The predicted molar refractivity (Wildman–Crippen MR) is 73.3 cm³/mol.